The average molecular weight is 331 g/mol. The van der Waals surface area contributed by atoms with E-state index in [2.05, 4.69) is 10.3 Å². The summed E-state index contributed by atoms with van der Waals surface area (Å²) in [6, 6.07) is 8.68. The Morgan fingerprint density at radius 3 is 2.48 bits per heavy atom. The highest BCUT2D eigenvalue weighted by Gasteiger charge is 2.24. The lowest BCUT2D eigenvalue weighted by molar-refractivity contribution is 0.411. The molecule has 0 atom stereocenters. The summed E-state index contributed by atoms with van der Waals surface area (Å²) in [6.45, 7) is 5.46. The van der Waals surface area contributed by atoms with Crippen molar-refractivity contribution in [3.8, 4) is 5.75 Å². The molecule has 0 fully saturated rings. The third-order valence-corrected chi connectivity index (χ3v) is 5.49. The van der Waals surface area contributed by atoms with Crippen molar-refractivity contribution < 1.29 is 13.2 Å². The molecule has 120 valence electrons. The van der Waals surface area contributed by atoms with Crippen LogP contribution in [0, 0.1) is 20.8 Å². The highest BCUT2D eigenvalue weighted by molar-refractivity contribution is 7.90. The first-order valence-corrected chi connectivity index (χ1v) is 8.51. The number of benzene rings is 2. The van der Waals surface area contributed by atoms with Crippen LogP contribution in [0.2, 0.25) is 0 Å². The van der Waals surface area contributed by atoms with E-state index >= 15 is 0 Å². The standard InChI is InChI=1S/C16H17N3O3S/c1-10-5-6-14-13(7-10)17-18-19(14)23(20,21)16-9-11(2)15(22-4)8-12(16)3/h5-9H,1-4H3. The van der Waals surface area contributed by atoms with Crippen molar-refractivity contribution in [2.24, 2.45) is 0 Å². The summed E-state index contributed by atoms with van der Waals surface area (Å²) in [7, 11) is -2.27. The lowest BCUT2D eigenvalue weighted by Gasteiger charge is -2.12. The van der Waals surface area contributed by atoms with E-state index in [1.165, 1.54) is 0 Å². The first kappa shape index (κ1) is 15.5. The van der Waals surface area contributed by atoms with E-state index in [0.29, 0.717) is 22.3 Å². The van der Waals surface area contributed by atoms with Gasteiger partial charge in [-0.05, 0) is 61.7 Å². The molecular weight excluding hydrogens is 314 g/mol. The number of nitrogens with zero attached hydrogens (tertiary/aromatic N) is 3. The smallest absolute Gasteiger partial charge is 0.285 e. The maximum Gasteiger partial charge on any atom is 0.285 e. The van der Waals surface area contributed by atoms with Crippen LogP contribution in [0.25, 0.3) is 11.0 Å². The molecule has 7 heteroatoms. The van der Waals surface area contributed by atoms with Crippen LogP contribution < -0.4 is 4.74 Å². The molecule has 0 spiro atoms. The Kier molecular flexibility index (Phi) is 3.60. The molecule has 0 radical (unpaired) electrons. The van der Waals surface area contributed by atoms with Gasteiger partial charge in [-0.3, -0.25) is 0 Å². The maximum absolute atomic E-state index is 13.0. The molecular formula is C16H17N3O3S. The zero-order valence-electron chi connectivity index (χ0n) is 13.4. The minimum Gasteiger partial charge on any atom is -0.496 e. The normalized spacial score (nSPS) is 11.8. The number of aromatic nitrogens is 3. The van der Waals surface area contributed by atoms with E-state index in [0.717, 1.165) is 15.2 Å². The van der Waals surface area contributed by atoms with Gasteiger partial charge in [-0.2, -0.15) is 8.42 Å². The molecule has 0 saturated carbocycles. The summed E-state index contributed by atoms with van der Waals surface area (Å²) in [6.07, 6.45) is 0. The van der Waals surface area contributed by atoms with Crippen molar-refractivity contribution in [1.29, 1.82) is 0 Å². The number of hydrogen-bond acceptors (Lipinski definition) is 5. The Morgan fingerprint density at radius 1 is 1.04 bits per heavy atom. The van der Waals surface area contributed by atoms with Gasteiger partial charge in [-0.25, -0.2) is 0 Å². The molecule has 0 aliphatic carbocycles. The third kappa shape index (κ3) is 2.46. The van der Waals surface area contributed by atoms with Gasteiger partial charge >= 0.3 is 0 Å². The van der Waals surface area contributed by atoms with Crippen LogP contribution in [-0.4, -0.2) is 29.9 Å². The maximum atomic E-state index is 13.0. The Balaban J connectivity index is 2.24. The fourth-order valence-corrected chi connectivity index (χ4v) is 4.07. The van der Waals surface area contributed by atoms with Crippen LogP contribution in [0.15, 0.2) is 35.2 Å². The van der Waals surface area contributed by atoms with E-state index in [-0.39, 0.29) is 4.90 Å². The zero-order valence-corrected chi connectivity index (χ0v) is 14.2. The number of methoxy groups -OCH3 is 1. The fraction of sp³-hybridized carbons (Fsp3) is 0.250. The number of ether oxygens (including phenoxy) is 1. The fourth-order valence-electron chi connectivity index (χ4n) is 2.54. The summed E-state index contributed by atoms with van der Waals surface area (Å²) in [5.41, 5.74) is 3.36. The molecule has 0 aliphatic heterocycles. The monoisotopic (exact) mass is 331 g/mol. The lowest BCUT2D eigenvalue weighted by Crippen LogP contribution is -2.16. The van der Waals surface area contributed by atoms with Crippen LogP contribution in [0.1, 0.15) is 16.7 Å². The molecule has 6 nitrogen and oxygen atoms in total. The van der Waals surface area contributed by atoms with Crippen molar-refractivity contribution in [2.75, 3.05) is 7.11 Å². The van der Waals surface area contributed by atoms with Crippen molar-refractivity contribution in [2.45, 2.75) is 25.7 Å². The highest BCUT2D eigenvalue weighted by atomic mass is 32.2. The van der Waals surface area contributed by atoms with Gasteiger partial charge in [0.15, 0.2) is 0 Å². The molecule has 23 heavy (non-hydrogen) atoms. The van der Waals surface area contributed by atoms with Gasteiger partial charge in [-0.1, -0.05) is 11.3 Å². The van der Waals surface area contributed by atoms with Gasteiger partial charge in [0.05, 0.1) is 12.0 Å². The number of aryl methyl sites for hydroxylation is 3. The predicted molar refractivity (Wildman–Crippen MR) is 87.3 cm³/mol. The molecule has 0 N–H and O–H groups in total. The van der Waals surface area contributed by atoms with Crippen molar-refractivity contribution in [3.05, 3.63) is 47.0 Å². The minimum atomic E-state index is -3.83. The second-order valence-corrected chi connectivity index (χ2v) is 7.25. The van der Waals surface area contributed by atoms with E-state index in [1.807, 2.05) is 13.0 Å². The van der Waals surface area contributed by atoms with Gasteiger partial charge in [0, 0.05) is 0 Å². The van der Waals surface area contributed by atoms with Gasteiger partial charge in [0.25, 0.3) is 10.0 Å². The summed E-state index contributed by atoms with van der Waals surface area (Å²) < 4.78 is 32.2. The van der Waals surface area contributed by atoms with Gasteiger partial charge in [0.2, 0.25) is 0 Å². The molecule has 3 aromatic rings. The Labute approximate surface area is 134 Å². The third-order valence-electron chi connectivity index (χ3n) is 3.77. The van der Waals surface area contributed by atoms with E-state index in [4.69, 9.17) is 4.74 Å². The van der Waals surface area contributed by atoms with Gasteiger partial charge in [0.1, 0.15) is 16.8 Å². The van der Waals surface area contributed by atoms with Gasteiger partial charge in [-0.15, -0.1) is 9.19 Å². The number of fused-ring (bicyclic) bond motifs is 1. The van der Waals surface area contributed by atoms with Crippen molar-refractivity contribution in [1.82, 2.24) is 14.4 Å². The lowest BCUT2D eigenvalue weighted by atomic mass is 10.1. The average Bonchev–Trinajstić information content (AvgIpc) is 2.92. The molecule has 0 saturated heterocycles. The van der Waals surface area contributed by atoms with Crippen LogP contribution in [0.3, 0.4) is 0 Å². The largest absolute Gasteiger partial charge is 0.496 e. The Bertz CT molecular complexity index is 1010. The molecule has 1 aromatic heterocycles. The van der Waals surface area contributed by atoms with E-state index in [1.54, 1.807) is 45.2 Å². The summed E-state index contributed by atoms with van der Waals surface area (Å²) in [5, 5.41) is 7.81. The van der Waals surface area contributed by atoms with Crippen LogP contribution in [0.4, 0.5) is 0 Å². The molecule has 1 heterocycles. The summed E-state index contributed by atoms with van der Waals surface area (Å²) in [4.78, 5) is 0.197. The molecule has 0 aliphatic rings. The minimum absolute atomic E-state index is 0.197. The van der Waals surface area contributed by atoms with Crippen LogP contribution in [-0.2, 0) is 10.0 Å². The zero-order chi connectivity index (χ0) is 16.8. The van der Waals surface area contributed by atoms with E-state index in [9.17, 15) is 8.42 Å². The highest BCUT2D eigenvalue weighted by Crippen LogP contribution is 2.28. The first-order valence-electron chi connectivity index (χ1n) is 7.07. The molecule has 0 amide bonds. The van der Waals surface area contributed by atoms with Crippen LogP contribution in [0.5, 0.6) is 5.75 Å². The molecule has 0 bridgehead atoms. The Hall–Kier alpha value is -2.41. The molecule has 0 unspecified atom stereocenters. The molecule has 3 rings (SSSR count). The number of rotatable bonds is 3. The second kappa shape index (κ2) is 5.34. The number of hydrogen-bond donors (Lipinski definition) is 0. The summed E-state index contributed by atoms with van der Waals surface area (Å²) in [5.74, 6) is 0.653. The van der Waals surface area contributed by atoms with Crippen molar-refractivity contribution >= 4 is 21.1 Å². The van der Waals surface area contributed by atoms with E-state index < -0.39 is 10.0 Å². The molecule has 2 aromatic carbocycles. The summed E-state index contributed by atoms with van der Waals surface area (Å²) >= 11 is 0. The SMILES string of the molecule is COc1cc(C)c(S(=O)(=O)n2nnc3cc(C)ccc32)cc1C. The van der Waals surface area contributed by atoms with Crippen LogP contribution >= 0.6 is 0 Å². The predicted octanol–water partition coefficient (Wildman–Crippen LogP) is 2.60. The van der Waals surface area contributed by atoms with Gasteiger partial charge < -0.3 is 4.74 Å². The first-order chi connectivity index (χ1) is 10.8. The van der Waals surface area contributed by atoms with Crippen molar-refractivity contribution in [3.63, 3.8) is 0 Å². The topological polar surface area (TPSA) is 74.1 Å². The quantitative estimate of drug-likeness (QED) is 0.737. The Morgan fingerprint density at radius 2 is 1.78 bits per heavy atom. The second-order valence-electron chi connectivity index (χ2n) is 5.52.